The molecule has 2 rings (SSSR count). The fourth-order valence-electron chi connectivity index (χ4n) is 1.40. The molecule has 0 amide bonds. The molecule has 0 aromatic heterocycles. The standard InChI is InChI=1S/C8H6N2O6/c11-9(12)5-1-2-6(10(13)14)8-7(5)15-3-4-16-8/h1-2H,3-4H2. The molecule has 0 saturated carbocycles. The van der Waals surface area contributed by atoms with E-state index in [2.05, 4.69) is 0 Å². The van der Waals surface area contributed by atoms with Crippen LogP contribution in [0.15, 0.2) is 12.1 Å². The summed E-state index contributed by atoms with van der Waals surface area (Å²) in [5.41, 5.74) is -0.666. The summed E-state index contributed by atoms with van der Waals surface area (Å²) in [6.45, 7) is 0.268. The minimum atomic E-state index is -0.669. The fourth-order valence-corrected chi connectivity index (χ4v) is 1.40. The Hall–Kier alpha value is -2.38. The van der Waals surface area contributed by atoms with Crippen LogP contribution in [0, 0.1) is 20.2 Å². The lowest BCUT2D eigenvalue weighted by atomic mass is 10.2. The zero-order valence-corrected chi connectivity index (χ0v) is 7.91. The lowest BCUT2D eigenvalue weighted by Crippen LogP contribution is -2.17. The minimum absolute atomic E-state index is 0.134. The summed E-state index contributed by atoms with van der Waals surface area (Å²) in [7, 11) is 0. The molecular weight excluding hydrogens is 220 g/mol. The maximum atomic E-state index is 10.7. The monoisotopic (exact) mass is 226 g/mol. The molecular formula is C8H6N2O6. The molecule has 1 heterocycles. The van der Waals surface area contributed by atoms with E-state index in [1.54, 1.807) is 0 Å². The molecule has 1 aromatic rings. The molecule has 8 heteroatoms. The molecule has 1 aliphatic heterocycles. The van der Waals surface area contributed by atoms with Crippen LogP contribution in [0.3, 0.4) is 0 Å². The van der Waals surface area contributed by atoms with Gasteiger partial charge in [0, 0.05) is 12.1 Å². The van der Waals surface area contributed by atoms with Crippen molar-refractivity contribution in [2.45, 2.75) is 0 Å². The van der Waals surface area contributed by atoms with Gasteiger partial charge in [-0.15, -0.1) is 0 Å². The Bertz CT molecular complexity index is 429. The van der Waals surface area contributed by atoms with E-state index in [1.165, 1.54) is 0 Å². The van der Waals surface area contributed by atoms with Crippen molar-refractivity contribution >= 4 is 11.4 Å². The van der Waals surface area contributed by atoms with Crippen LogP contribution in [0.5, 0.6) is 11.5 Å². The van der Waals surface area contributed by atoms with Gasteiger partial charge in [0.15, 0.2) is 0 Å². The predicted molar refractivity (Wildman–Crippen MR) is 50.7 cm³/mol. The van der Waals surface area contributed by atoms with Crippen molar-refractivity contribution < 1.29 is 19.3 Å². The average molecular weight is 226 g/mol. The van der Waals surface area contributed by atoms with Crippen molar-refractivity contribution in [3.05, 3.63) is 32.4 Å². The first kappa shape index (κ1) is 10.1. The molecule has 0 unspecified atom stereocenters. The Morgan fingerprint density at radius 2 is 1.31 bits per heavy atom. The Kier molecular flexibility index (Phi) is 2.31. The molecule has 0 aliphatic carbocycles. The highest BCUT2D eigenvalue weighted by molar-refractivity contribution is 5.65. The van der Waals surface area contributed by atoms with Crippen molar-refractivity contribution in [1.82, 2.24) is 0 Å². The summed E-state index contributed by atoms with van der Waals surface area (Å²) in [6, 6.07) is 2.07. The second-order valence-corrected chi connectivity index (χ2v) is 2.97. The first-order valence-electron chi connectivity index (χ1n) is 4.32. The molecule has 1 aliphatic rings. The van der Waals surface area contributed by atoms with E-state index < -0.39 is 9.85 Å². The van der Waals surface area contributed by atoms with Gasteiger partial charge >= 0.3 is 11.4 Å². The normalized spacial score (nSPS) is 13.2. The second kappa shape index (κ2) is 3.65. The van der Waals surface area contributed by atoms with Gasteiger partial charge in [-0.1, -0.05) is 0 Å². The maximum absolute atomic E-state index is 10.7. The van der Waals surface area contributed by atoms with Gasteiger partial charge in [0.1, 0.15) is 13.2 Å². The molecule has 0 atom stereocenters. The van der Waals surface area contributed by atoms with Crippen LogP contribution in [-0.2, 0) is 0 Å². The fraction of sp³-hybridized carbons (Fsp3) is 0.250. The van der Waals surface area contributed by atoms with Crippen LogP contribution in [-0.4, -0.2) is 23.1 Å². The van der Waals surface area contributed by atoms with Gasteiger partial charge < -0.3 is 9.47 Å². The summed E-state index contributed by atoms with van der Waals surface area (Å²) in [4.78, 5) is 20.0. The van der Waals surface area contributed by atoms with Gasteiger partial charge in [-0.05, 0) is 0 Å². The smallest absolute Gasteiger partial charge is 0.315 e. The van der Waals surface area contributed by atoms with Crippen molar-refractivity contribution in [3.8, 4) is 11.5 Å². The minimum Gasteiger partial charge on any atom is -0.480 e. The van der Waals surface area contributed by atoms with Crippen LogP contribution in [0.1, 0.15) is 0 Å². The number of fused-ring (bicyclic) bond motifs is 1. The average Bonchev–Trinajstić information content (AvgIpc) is 2.27. The molecule has 0 spiro atoms. The molecule has 1 aromatic carbocycles. The molecule has 0 fully saturated rings. The Balaban J connectivity index is 2.63. The van der Waals surface area contributed by atoms with Gasteiger partial charge in [-0.2, -0.15) is 0 Å². The van der Waals surface area contributed by atoms with E-state index in [1.807, 2.05) is 0 Å². The number of nitro groups is 2. The van der Waals surface area contributed by atoms with Crippen molar-refractivity contribution in [2.75, 3.05) is 13.2 Å². The number of ether oxygens (including phenoxy) is 2. The molecule has 0 radical (unpaired) electrons. The topological polar surface area (TPSA) is 105 Å². The lowest BCUT2D eigenvalue weighted by molar-refractivity contribution is -0.391. The summed E-state index contributed by atoms with van der Waals surface area (Å²) in [6.07, 6.45) is 0. The van der Waals surface area contributed by atoms with E-state index in [-0.39, 0.29) is 36.1 Å². The van der Waals surface area contributed by atoms with Gasteiger partial charge in [0.05, 0.1) is 9.85 Å². The van der Waals surface area contributed by atoms with Crippen molar-refractivity contribution in [3.63, 3.8) is 0 Å². The van der Waals surface area contributed by atoms with Gasteiger partial charge in [-0.25, -0.2) is 0 Å². The summed E-state index contributed by atoms with van der Waals surface area (Å²) in [5, 5.41) is 21.3. The molecule has 8 nitrogen and oxygen atoms in total. The highest BCUT2D eigenvalue weighted by Gasteiger charge is 2.31. The van der Waals surface area contributed by atoms with Crippen LogP contribution in [0.2, 0.25) is 0 Å². The first-order valence-corrected chi connectivity index (χ1v) is 4.32. The molecule has 16 heavy (non-hydrogen) atoms. The first-order chi connectivity index (χ1) is 7.61. The Labute approximate surface area is 88.7 Å². The van der Waals surface area contributed by atoms with Crippen LogP contribution >= 0.6 is 0 Å². The highest BCUT2D eigenvalue weighted by atomic mass is 16.6. The second-order valence-electron chi connectivity index (χ2n) is 2.97. The SMILES string of the molecule is O=[N+]([O-])c1ccc([N+](=O)[O-])c2c1OCCO2. The Morgan fingerprint density at radius 3 is 1.62 bits per heavy atom. The maximum Gasteiger partial charge on any atom is 0.315 e. The molecule has 0 saturated heterocycles. The van der Waals surface area contributed by atoms with Gasteiger partial charge in [-0.3, -0.25) is 20.2 Å². The van der Waals surface area contributed by atoms with Crippen molar-refractivity contribution in [2.24, 2.45) is 0 Å². The van der Waals surface area contributed by atoms with E-state index >= 15 is 0 Å². The van der Waals surface area contributed by atoms with Crippen molar-refractivity contribution in [1.29, 1.82) is 0 Å². The third-order valence-corrected chi connectivity index (χ3v) is 2.04. The van der Waals surface area contributed by atoms with E-state index in [9.17, 15) is 20.2 Å². The third-order valence-electron chi connectivity index (χ3n) is 2.04. The molecule has 0 N–H and O–H groups in total. The van der Waals surface area contributed by atoms with E-state index in [0.29, 0.717) is 0 Å². The molecule has 0 bridgehead atoms. The predicted octanol–water partition coefficient (Wildman–Crippen LogP) is 1.27. The van der Waals surface area contributed by atoms with E-state index in [4.69, 9.17) is 9.47 Å². The van der Waals surface area contributed by atoms with E-state index in [0.717, 1.165) is 12.1 Å². The summed E-state index contributed by atoms with van der Waals surface area (Å²) < 4.78 is 10.1. The van der Waals surface area contributed by atoms with Crippen LogP contribution in [0.4, 0.5) is 11.4 Å². The number of nitro benzene ring substituents is 2. The van der Waals surface area contributed by atoms with Gasteiger partial charge in [0.25, 0.3) is 0 Å². The van der Waals surface area contributed by atoms with Crippen LogP contribution in [0.25, 0.3) is 0 Å². The number of hydrogen-bond acceptors (Lipinski definition) is 6. The van der Waals surface area contributed by atoms with Crippen LogP contribution < -0.4 is 9.47 Å². The number of benzene rings is 1. The number of hydrogen-bond donors (Lipinski definition) is 0. The zero-order valence-electron chi connectivity index (χ0n) is 7.91. The zero-order chi connectivity index (χ0) is 11.7. The third kappa shape index (κ3) is 1.49. The largest absolute Gasteiger partial charge is 0.480 e. The highest BCUT2D eigenvalue weighted by Crippen LogP contribution is 2.45. The quantitative estimate of drug-likeness (QED) is 0.555. The summed E-state index contributed by atoms with van der Waals surface area (Å²) in [5.74, 6) is -0.351. The number of rotatable bonds is 2. The van der Waals surface area contributed by atoms with Gasteiger partial charge in [0.2, 0.25) is 11.5 Å². The summed E-state index contributed by atoms with van der Waals surface area (Å²) >= 11 is 0. The Morgan fingerprint density at radius 1 is 0.938 bits per heavy atom. The lowest BCUT2D eigenvalue weighted by Gasteiger charge is -2.17. The number of nitrogens with zero attached hydrogens (tertiary/aromatic N) is 2. The molecule has 84 valence electrons.